The average molecular weight is 478 g/mol. The number of benzene rings is 2. The largest absolute Gasteiger partial charge is 0.378 e. The summed E-state index contributed by atoms with van der Waals surface area (Å²) in [6.07, 6.45) is 1.89. The Kier molecular flexibility index (Phi) is 6.80. The van der Waals surface area contributed by atoms with Gasteiger partial charge >= 0.3 is 0 Å². The van der Waals surface area contributed by atoms with Crippen LogP contribution in [0.5, 0.6) is 0 Å². The topological polar surface area (TPSA) is 71.1 Å². The predicted molar refractivity (Wildman–Crippen MR) is 135 cm³/mol. The summed E-state index contributed by atoms with van der Waals surface area (Å²) in [7, 11) is 1.73. The van der Waals surface area contributed by atoms with Gasteiger partial charge in [0.05, 0.1) is 25.4 Å². The standard InChI is InChI=1S/C28H35N3O4/c1-3-24(32)29-25-22-9-4-5-10-23(22)28(26(25)34-2)11-13-31(14-12-28)27(33)20-7-6-8-21(19-20)30-15-17-35-18-16-30/h4-10,19,25-26H,3,11-18H2,1-2H3,(H,29,32)/t25-,26+/m1/s1. The summed E-state index contributed by atoms with van der Waals surface area (Å²) in [5, 5.41) is 3.20. The smallest absolute Gasteiger partial charge is 0.253 e. The molecule has 186 valence electrons. The fourth-order valence-corrected chi connectivity index (χ4v) is 6.15. The van der Waals surface area contributed by atoms with Crippen molar-refractivity contribution in [2.45, 2.75) is 43.7 Å². The fraction of sp³-hybridized carbons (Fsp3) is 0.500. The minimum atomic E-state index is -0.219. The van der Waals surface area contributed by atoms with Crippen LogP contribution in [0.25, 0.3) is 0 Å². The summed E-state index contributed by atoms with van der Waals surface area (Å²) in [6, 6.07) is 16.1. The number of morpholine rings is 1. The van der Waals surface area contributed by atoms with E-state index in [2.05, 4.69) is 34.5 Å². The summed E-state index contributed by atoms with van der Waals surface area (Å²) in [6.45, 7) is 6.30. The molecule has 1 N–H and O–H groups in total. The number of ether oxygens (including phenoxy) is 2. The zero-order valence-corrected chi connectivity index (χ0v) is 20.7. The number of nitrogens with one attached hydrogen (secondary N) is 1. The van der Waals surface area contributed by atoms with Crippen LogP contribution in [-0.2, 0) is 19.7 Å². The Morgan fingerprint density at radius 1 is 1.06 bits per heavy atom. The third kappa shape index (κ3) is 4.32. The number of nitrogens with zero attached hydrogens (tertiary/aromatic N) is 2. The van der Waals surface area contributed by atoms with E-state index in [1.54, 1.807) is 7.11 Å². The van der Waals surface area contributed by atoms with Gasteiger partial charge in [-0.05, 0) is 42.2 Å². The lowest BCUT2D eigenvalue weighted by Gasteiger charge is -2.44. The normalized spacial score (nSPS) is 23.3. The van der Waals surface area contributed by atoms with Crippen molar-refractivity contribution >= 4 is 17.5 Å². The molecule has 2 aliphatic heterocycles. The third-order valence-electron chi connectivity index (χ3n) is 7.98. The SMILES string of the molecule is CCC(=O)N[C@@H]1c2ccccc2C2(CCN(C(=O)c3cccc(N4CCOCC4)c3)CC2)[C@H]1OC. The molecule has 2 fully saturated rings. The quantitative estimate of drug-likeness (QED) is 0.716. The van der Waals surface area contributed by atoms with Crippen LogP contribution in [0.4, 0.5) is 5.69 Å². The Balaban J connectivity index is 1.34. The zero-order chi connectivity index (χ0) is 24.4. The number of hydrogen-bond acceptors (Lipinski definition) is 5. The maximum atomic E-state index is 13.5. The Hall–Kier alpha value is -2.90. The molecule has 7 heteroatoms. The van der Waals surface area contributed by atoms with E-state index in [1.165, 1.54) is 5.56 Å². The highest BCUT2D eigenvalue weighted by molar-refractivity contribution is 5.95. The van der Waals surface area contributed by atoms with Gasteiger partial charge in [-0.1, -0.05) is 37.3 Å². The number of piperidine rings is 1. The van der Waals surface area contributed by atoms with Gasteiger partial charge < -0.3 is 24.6 Å². The molecule has 0 saturated carbocycles. The van der Waals surface area contributed by atoms with E-state index in [0.29, 0.717) is 32.7 Å². The van der Waals surface area contributed by atoms with Crippen molar-refractivity contribution < 1.29 is 19.1 Å². The van der Waals surface area contributed by atoms with Gasteiger partial charge in [0.1, 0.15) is 0 Å². The molecule has 0 bridgehead atoms. The van der Waals surface area contributed by atoms with Gasteiger partial charge in [0, 0.05) is 56.4 Å². The number of carbonyl (C=O) groups is 2. The molecule has 2 amide bonds. The maximum absolute atomic E-state index is 13.5. The number of anilines is 1. The summed E-state index contributed by atoms with van der Waals surface area (Å²) in [5.41, 5.74) is 3.97. The summed E-state index contributed by atoms with van der Waals surface area (Å²) >= 11 is 0. The first kappa shape index (κ1) is 23.8. The number of hydrogen-bond donors (Lipinski definition) is 1. The van der Waals surface area contributed by atoms with E-state index < -0.39 is 0 Å². The number of methoxy groups -OCH3 is 1. The zero-order valence-electron chi connectivity index (χ0n) is 20.7. The van der Waals surface area contributed by atoms with Crippen molar-refractivity contribution in [2.24, 2.45) is 0 Å². The number of amides is 2. The van der Waals surface area contributed by atoms with Crippen molar-refractivity contribution in [1.29, 1.82) is 0 Å². The highest BCUT2D eigenvalue weighted by atomic mass is 16.5. The molecule has 2 atom stereocenters. The minimum Gasteiger partial charge on any atom is -0.378 e. The molecule has 5 rings (SSSR count). The van der Waals surface area contributed by atoms with Crippen LogP contribution in [-0.4, -0.2) is 69.3 Å². The monoisotopic (exact) mass is 477 g/mol. The molecule has 2 heterocycles. The van der Waals surface area contributed by atoms with Crippen molar-refractivity contribution in [1.82, 2.24) is 10.2 Å². The highest BCUT2D eigenvalue weighted by Crippen LogP contribution is 2.52. The van der Waals surface area contributed by atoms with Crippen molar-refractivity contribution in [2.75, 3.05) is 51.4 Å². The van der Waals surface area contributed by atoms with E-state index in [9.17, 15) is 9.59 Å². The highest BCUT2D eigenvalue weighted by Gasteiger charge is 2.54. The first-order chi connectivity index (χ1) is 17.1. The van der Waals surface area contributed by atoms with Crippen molar-refractivity contribution in [3.05, 3.63) is 65.2 Å². The summed E-state index contributed by atoms with van der Waals surface area (Å²) < 4.78 is 11.5. The molecule has 0 radical (unpaired) electrons. The molecule has 1 aliphatic carbocycles. The maximum Gasteiger partial charge on any atom is 0.253 e. The molecule has 1 spiro atoms. The molecule has 2 aromatic rings. The number of rotatable bonds is 5. The second-order valence-electron chi connectivity index (χ2n) is 9.74. The van der Waals surface area contributed by atoms with Gasteiger partial charge in [-0.2, -0.15) is 0 Å². The Morgan fingerprint density at radius 2 is 1.80 bits per heavy atom. The van der Waals surface area contributed by atoms with Crippen LogP contribution in [0.1, 0.15) is 53.7 Å². The molecule has 7 nitrogen and oxygen atoms in total. The number of likely N-dealkylation sites (tertiary alicyclic amines) is 1. The predicted octanol–water partition coefficient (Wildman–Crippen LogP) is 3.29. The molecule has 0 aromatic heterocycles. The second kappa shape index (κ2) is 9.99. The van der Waals surface area contributed by atoms with Gasteiger partial charge in [0.2, 0.25) is 5.91 Å². The van der Waals surface area contributed by atoms with E-state index >= 15 is 0 Å². The molecule has 2 aromatic carbocycles. The fourth-order valence-electron chi connectivity index (χ4n) is 6.15. The summed E-state index contributed by atoms with van der Waals surface area (Å²) in [4.78, 5) is 30.0. The van der Waals surface area contributed by atoms with Crippen LogP contribution in [0.15, 0.2) is 48.5 Å². The van der Waals surface area contributed by atoms with Gasteiger partial charge in [0.15, 0.2) is 0 Å². The van der Waals surface area contributed by atoms with E-state index in [4.69, 9.17) is 9.47 Å². The Labute approximate surface area is 207 Å². The average Bonchev–Trinajstić information content (AvgIpc) is 3.17. The first-order valence-corrected chi connectivity index (χ1v) is 12.7. The minimum absolute atomic E-state index is 0.0247. The first-order valence-electron chi connectivity index (χ1n) is 12.7. The lowest BCUT2D eigenvalue weighted by Crippen LogP contribution is -2.51. The third-order valence-corrected chi connectivity index (χ3v) is 7.98. The molecule has 35 heavy (non-hydrogen) atoms. The molecule has 0 unspecified atom stereocenters. The molecular formula is C28H35N3O4. The van der Waals surface area contributed by atoms with Crippen molar-refractivity contribution in [3.8, 4) is 0 Å². The lowest BCUT2D eigenvalue weighted by molar-refractivity contribution is -0.123. The number of carbonyl (C=O) groups excluding carboxylic acids is 2. The van der Waals surface area contributed by atoms with Crippen molar-refractivity contribution in [3.63, 3.8) is 0 Å². The molecular weight excluding hydrogens is 442 g/mol. The van der Waals surface area contributed by atoms with Gasteiger partial charge in [-0.15, -0.1) is 0 Å². The van der Waals surface area contributed by atoms with E-state index in [-0.39, 0.29) is 29.4 Å². The molecule has 2 saturated heterocycles. The summed E-state index contributed by atoms with van der Waals surface area (Å²) in [5.74, 6) is 0.0997. The van der Waals surface area contributed by atoms with Gasteiger partial charge in [0.25, 0.3) is 5.91 Å². The second-order valence-corrected chi connectivity index (χ2v) is 9.74. The van der Waals surface area contributed by atoms with Crippen LogP contribution in [0, 0.1) is 0 Å². The van der Waals surface area contributed by atoms with Gasteiger partial charge in [-0.3, -0.25) is 9.59 Å². The van der Waals surface area contributed by atoms with Crippen LogP contribution in [0.3, 0.4) is 0 Å². The Morgan fingerprint density at radius 3 is 2.51 bits per heavy atom. The van der Waals surface area contributed by atoms with E-state index in [1.807, 2.05) is 36.1 Å². The Bertz CT molecular complexity index is 1070. The van der Waals surface area contributed by atoms with Crippen LogP contribution in [0.2, 0.25) is 0 Å². The van der Waals surface area contributed by atoms with E-state index in [0.717, 1.165) is 42.7 Å². The number of fused-ring (bicyclic) bond motifs is 2. The van der Waals surface area contributed by atoms with Crippen LogP contribution >= 0.6 is 0 Å². The lowest BCUT2D eigenvalue weighted by atomic mass is 9.71. The molecule has 3 aliphatic rings. The van der Waals surface area contributed by atoms with Gasteiger partial charge in [-0.25, -0.2) is 0 Å². The van der Waals surface area contributed by atoms with Crippen LogP contribution < -0.4 is 10.2 Å².